The van der Waals surface area contributed by atoms with Crippen molar-refractivity contribution >= 4 is 22.5 Å². The van der Waals surface area contributed by atoms with Crippen molar-refractivity contribution in [3.63, 3.8) is 0 Å². The summed E-state index contributed by atoms with van der Waals surface area (Å²) in [5, 5.41) is 0.782. The molecule has 0 fully saturated rings. The Morgan fingerprint density at radius 2 is 1.86 bits per heavy atom. The van der Waals surface area contributed by atoms with Gasteiger partial charge in [-0.2, -0.15) is 0 Å². The number of benzene rings is 2. The third kappa shape index (κ3) is 2.81. The predicted octanol–water partition coefficient (Wildman–Crippen LogP) is 3.87. The number of fused-ring (bicyclic) bond motifs is 2. The van der Waals surface area contributed by atoms with Crippen molar-refractivity contribution in [3.8, 4) is 22.6 Å². The number of pyridine rings is 1. The molecule has 6 heteroatoms. The Morgan fingerprint density at radius 3 is 2.50 bits per heavy atom. The van der Waals surface area contributed by atoms with Crippen molar-refractivity contribution in [1.29, 1.82) is 0 Å². The summed E-state index contributed by atoms with van der Waals surface area (Å²) in [6, 6.07) is 11.5. The van der Waals surface area contributed by atoms with Crippen molar-refractivity contribution in [2.24, 2.45) is 0 Å². The van der Waals surface area contributed by atoms with Crippen molar-refractivity contribution in [1.82, 2.24) is 9.88 Å². The van der Waals surface area contributed by atoms with Gasteiger partial charge >= 0.3 is 0 Å². The molecule has 0 bridgehead atoms. The normalized spacial score (nSPS) is 13.1. The summed E-state index contributed by atoms with van der Waals surface area (Å²) in [6.45, 7) is 3.25. The number of rotatable bonds is 5. The minimum absolute atomic E-state index is 0.0304. The molecule has 0 atom stereocenters. The maximum Gasteiger partial charge on any atom is 0.258 e. The molecule has 1 aliphatic heterocycles. The lowest BCUT2D eigenvalue weighted by atomic mass is 9.98. The van der Waals surface area contributed by atoms with Crippen LogP contribution in [0.4, 0.5) is 5.69 Å². The molecule has 2 aromatic carbocycles. The summed E-state index contributed by atoms with van der Waals surface area (Å²) in [5.41, 5.74) is 10.8. The second-order valence-corrected chi connectivity index (χ2v) is 6.88. The molecule has 0 saturated heterocycles. The van der Waals surface area contributed by atoms with Crippen LogP contribution >= 0.6 is 0 Å². The zero-order chi connectivity index (χ0) is 19.8. The SMILES string of the molecule is CCCN1Cc2nc3c(-c4cc(OC)cc(OC)c4)cccc3c(N)c2C1=O. The third-order valence-corrected chi connectivity index (χ3v) is 5.13. The molecule has 28 heavy (non-hydrogen) atoms. The number of hydrogen-bond donors (Lipinski definition) is 1. The zero-order valence-corrected chi connectivity index (χ0v) is 16.3. The molecule has 144 valence electrons. The number of nitrogens with zero attached hydrogens (tertiary/aromatic N) is 2. The fourth-order valence-electron chi connectivity index (χ4n) is 3.77. The van der Waals surface area contributed by atoms with Gasteiger partial charge in [0.1, 0.15) is 11.5 Å². The maximum absolute atomic E-state index is 12.7. The van der Waals surface area contributed by atoms with Gasteiger partial charge in [0.15, 0.2) is 0 Å². The molecule has 3 aromatic rings. The highest BCUT2D eigenvalue weighted by atomic mass is 16.5. The van der Waals surface area contributed by atoms with E-state index in [4.69, 9.17) is 20.2 Å². The van der Waals surface area contributed by atoms with Crippen LogP contribution in [0.25, 0.3) is 22.0 Å². The molecule has 0 saturated carbocycles. The van der Waals surface area contributed by atoms with E-state index in [-0.39, 0.29) is 5.91 Å². The van der Waals surface area contributed by atoms with E-state index in [1.807, 2.05) is 36.4 Å². The van der Waals surface area contributed by atoms with E-state index in [2.05, 4.69) is 6.92 Å². The van der Waals surface area contributed by atoms with Gasteiger partial charge in [-0.15, -0.1) is 0 Å². The lowest BCUT2D eigenvalue weighted by Crippen LogP contribution is -2.24. The Morgan fingerprint density at radius 1 is 1.14 bits per heavy atom. The molecule has 0 radical (unpaired) electrons. The molecule has 0 spiro atoms. The van der Waals surface area contributed by atoms with Gasteiger partial charge in [0.25, 0.3) is 5.91 Å². The molecule has 6 nitrogen and oxygen atoms in total. The molecule has 1 aliphatic rings. The second kappa shape index (κ2) is 7.03. The summed E-state index contributed by atoms with van der Waals surface area (Å²) < 4.78 is 10.8. The van der Waals surface area contributed by atoms with Gasteiger partial charge in [0.05, 0.1) is 43.2 Å². The van der Waals surface area contributed by atoms with Crippen LogP contribution in [0.2, 0.25) is 0 Å². The van der Waals surface area contributed by atoms with Crippen LogP contribution < -0.4 is 15.2 Å². The van der Waals surface area contributed by atoms with E-state index in [0.29, 0.717) is 35.8 Å². The lowest BCUT2D eigenvalue weighted by molar-refractivity contribution is 0.0779. The number of anilines is 1. The number of hydrogen-bond acceptors (Lipinski definition) is 5. The Balaban J connectivity index is 1.93. The third-order valence-electron chi connectivity index (χ3n) is 5.13. The molecule has 0 aliphatic carbocycles. The van der Waals surface area contributed by atoms with Gasteiger partial charge in [-0.25, -0.2) is 4.98 Å². The van der Waals surface area contributed by atoms with Gasteiger partial charge in [0, 0.05) is 23.6 Å². The van der Waals surface area contributed by atoms with Crippen LogP contribution in [0.5, 0.6) is 11.5 Å². The van der Waals surface area contributed by atoms with Crippen molar-refractivity contribution in [2.45, 2.75) is 19.9 Å². The standard InChI is InChI=1S/C22H23N3O3/c1-4-8-25-12-18-19(22(25)26)20(23)17-7-5-6-16(21(17)24-18)13-9-14(27-2)11-15(10-13)28-3/h5-7,9-11H,4,8,12H2,1-3H3,(H2,23,24). The van der Waals surface area contributed by atoms with Gasteiger partial charge in [-0.3, -0.25) is 4.79 Å². The number of ether oxygens (including phenoxy) is 2. The first-order valence-corrected chi connectivity index (χ1v) is 9.31. The van der Waals surface area contributed by atoms with Crippen LogP contribution in [-0.4, -0.2) is 36.6 Å². The highest BCUT2D eigenvalue weighted by Gasteiger charge is 2.31. The quantitative estimate of drug-likeness (QED) is 0.730. The minimum Gasteiger partial charge on any atom is -0.497 e. The van der Waals surface area contributed by atoms with E-state index in [1.54, 1.807) is 19.1 Å². The molecule has 0 unspecified atom stereocenters. The van der Waals surface area contributed by atoms with Crippen molar-refractivity contribution < 1.29 is 14.3 Å². The first kappa shape index (κ1) is 18.1. The van der Waals surface area contributed by atoms with Crippen LogP contribution in [0.3, 0.4) is 0 Å². The molecular weight excluding hydrogens is 354 g/mol. The topological polar surface area (TPSA) is 77.7 Å². The monoisotopic (exact) mass is 377 g/mol. The van der Waals surface area contributed by atoms with Gasteiger partial charge in [-0.1, -0.05) is 25.1 Å². The Hall–Kier alpha value is -3.28. The van der Waals surface area contributed by atoms with Crippen LogP contribution in [0.1, 0.15) is 29.4 Å². The highest BCUT2D eigenvalue weighted by Crippen LogP contribution is 2.38. The lowest BCUT2D eigenvalue weighted by Gasteiger charge is -2.13. The summed E-state index contributed by atoms with van der Waals surface area (Å²) in [7, 11) is 3.25. The smallest absolute Gasteiger partial charge is 0.258 e. The molecule has 2 heterocycles. The number of para-hydroxylation sites is 1. The summed E-state index contributed by atoms with van der Waals surface area (Å²) in [5.74, 6) is 1.37. The van der Waals surface area contributed by atoms with E-state index in [1.165, 1.54) is 0 Å². The predicted molar refractivity (Wildman–Crippen MR) is 110 cm³/mol. The van der Waals surface area contributed by atoms with Crippen molar-refractivity contribution in [2.75, 3.05) is 26.5 Å². The summed E-state index contributed by atoms with van der Waals surface area (Å²) in [6.07, 6.45) is 0.897. The van der Waals surface area contributed by atoms with Crippen LogP contribution in [0.15, 0.2) is 36.4 Å². The van der Waals surface area contributed by atoms with E-state index in [0.717, 1.165) is 34.1 Å². The summed E-state index contributed by atoms with van der Waals surface area (Å²) >= 11 is 0. The zero-order valence-electron chi connectivity index (χ0n) is 16.3. The van der Waals surface area contributed by atoms with E-state index < -0.39 is 0 Å². The van der Waals surface area contributed by atoms with Crippen molar-refractivity contribution in [3.05, 3.63) is 47.7 Å². The number of carbonyl (C=O) groups excluding carboxylic acids is 1. The number of nitrogen functional groups attached to an aromatic ring is 1. The van der Waals surface area contributed by atoms with Crippen LogP contribution in [-0.2, 0) is 6.54 Å². The Kier molecular flexibility index (Phi) is 4.55. The molecule has 1 aromatic heterocycles. The highest BCUT2D eigenvalue weighted by molar-refractivity contribution is 6.11. The number of amides is 1. The van der Waals surface area contributed by atoms with Gasteiger partial charge in [-0.05, 0) is 24.1 Å². The Bertz CT molecular complexity index is 1060. The molecule has 4 rings (SSSR count). The van der Waals surface area contributed by atoms with E-state index in [9.17, 15) is 4.79 Å². The number of nitrogens with two attached hydrogens (primary N) is 1. The van der Waals surface area contributed by atoms with E-state index >= 15 is 0 Å². The molecule has 2 N–H and O–H groups in total. The molecule has 1 amide bonds. The average molecular weight is 377 g/mol. The Labute approximate surface area is 163 Å². The fraction of sp³-hybridized carbons (Fsp3) is 0.273. The van der Waals surface area contributed by atoms with Crippen LogP contribution in [0, 0.1) is 0 Å². The average Bonchev–Trinajstić information content (AvgIpc) is 3.03. The number of aromatic nitrogens is 1. The first-order valence-electron chi connectivity index (χ1n) is 9.31. The fourth-order valence-corrected chi connectivity index (χ4v) is 3.77. The largest absolute Gasteiger partial charge is 0.497 e. The maximum atomic E-state index is 12.7. The van der Waals surface area contributed by atoms with Gasteiger partial charge < -0.3 is 20.1 Å². The van der Waals surface area contributed by atoms with Gasteiger partial charge in [0.2, 0.25) is 0 Å². The second-order valence-electron chi connectivity index (χ2n) is 6.88. The number of carbonyl (C=O) groups is 1. The number of methoxy groups -OCH3 is 2. The summed E-state index contributed by atoms with van der Waals surface area (Å²) in [4.78, 5) is 19.4. The minimum atomic E-state index is -0.0304. The first-order chi connectivity index (χ1) is 13.6. The molecular formula is C22H23N3O3.